The molecule has 1 unspecified atom stereocenters. The molecule has 144 valence electrons. The molecule has 1 aliphatic heterocycles. The Morgan fingerprint density at radius 2 is 1.96 bits per heavy atom. The van der Waals surface area contributed by atoms with Crippen LogP contribution in [0.15, 0.2) is 48.5 Å². The molecule has 0 fully saturated rings. The highest BCUT2D eigenvalue weighted by Gasteiger charge is 2.28. The summed E-state index contributed by atoms with van der Waals surface area (Å²) in [5.41, 5.74) is 7.71. The second kappa shape index (κ2) is 7.69. The summed E-state index contributed by atoms with van der Waals surface area (Å²) < 4.78 is 15.3. The quantitative estimate of drug-likeness (QED) is 0.731. The van der Waals surface area contributed by atoms with E-state index in [-0.39, 0.29) is 18.1 Å². The first-order chi connectivity index (χ1) is 13.5. The predicted octanol–water partition coefficient (Wildman–Crippen LogP) is 2.65. The maximum Gasteiger partial charge on any atom is 0.240 e. The number of amides is 1. The van der Waals surface area contributed by atoms with E-state index in [1.54, 1.807) is 17.0 Å². The van der Waals surface area contributed by atoms with Crippen LogP contribution in [-0.4, -0.2) is 38.2 Å². The van der Waals surface area contributed by atoms with Crippen LogP contribution in [0.25, 0.3) is 11.4 Å². The van der Waals surface area contributed by atoms with Crippen LogP contribution in [0.5, 0.6) is 0 Å². The predicted molar refractivity (Wildman–Crippen MR) is 104 cm³/mol. The molecule has 1 amide bonds. The average Bonchev–Trinajstić information content (AvgIpc) is 3.11. The van der Waals surface area contributed by atoms with Crippen molar-refractivity contribution in [2.45, 2.75) is 25.6 Å². The monoisotopic (exact) mass is 399 g/mol. The van der Waals surface area contributed by atoms with E-state index in [2.05, 4.69) is 10.2 Å². The van der Waals surface area contributed by atoms with Crippen molar-refractivity contribution in [2.24, 2.45) is 5.73 Å². The lowest BCUT2D eigenvalue weighted by Gasteiger charge is -2.30. The number of halogens is 2. The van der Waals surface area contributed by atoms with E-state index in [0.29, 0.717) is 36.0 Å². The number of carbonyl (C=O) groups is 1. The third kappa shape index (κ3) is 3.76. The van der Waals surface area contributed by atoms with Gasteiger partial charge in [0.15, 0.2) is 11.6 Å². The van der Waals surface area contributed by atoms with Crippen molar-refractivity contribution >= 4 is 17.5 Å². The van der Waals surface area contributed by atoms with Crippen LogP contribution in [0.3, 0.4) is 0 Å². The first-order valence-corrected chi connectivity index (χ1v) is 9.36. The molecular weight excluding hydrogens is 381 g/mol. The second-order valence-corrected chi connectivity index (χ2v) is 7.24. The van der Waals surface area contributed by atoms with Gasteiger partial charge < -0.3 is 15.2 Å². The van der Waals surface area contributed by atoms with Crippen LogP contribution in [0.1, 0.15) is 11.4 Å². The fourth-order valence-corrected chi connectivity index (χ4v) is 3.52. The summed E-state index contributed by atoms with van der Waals surface area (Å²) in [6.07, 6.45) is 0.288. The number of fused-ring (bicyclic) bond motifs is 1. The molecule has 4 rings (SSSR count). The summed E-state index contributed by atoms with van der Waals surface area (Å²) in [5, 5.41) is 9.17. The van der Waals surface area contributed by atoms with Gasteiger partial charge in [0, 0.05) is 23.7 Å². The topological polar surface area (TPSA) is 77.0 Å². The zero-order chi connectivity index (χ0) is 19.7. The van der Waals surface area contributed by atoms with E-state index < -0.39 is 6.04 Å². The molecule has 1 atom stereocenters. The maximum absolute atomic E-state index is 13.3. The standard InChI is InChI=1S/C20H19ClFN5O/c21-15-6-4-14(5-7-15)19-25-24-18-12-26(8-9-27(18)19)20(28)17(23)11-13-2-1-3-16(22)10-13/h1-7,10,17H,8-9,11-12,23H2. The molecular formula is C20H19ClFN5O. The Morgan fingerprint density at radius 3 is 2.71 bits per heavy atom. The highest BCUT2D eigenvalue weighted by molar-refractivity contribution is 6.30. The van der Waals surface area contributed by atoms with E-state index in [1.165, 1.54) is 12.1 Å². The molecule has 0 aliphatic carbocycles. The molecule has 0 spiro atoms. The molecule has 1 aromatic heterocycles. The van der Waals surface area contributed by atoms with Crippen molar-refractivity contribution in [3.63, 3.8) is 0 Å². The number of hydrogen-bond acceptors (Lipinski definition) is 4. The lowest BCUT2D eigenvalue weighted by atomic mass is 10.1. The highest BCUT2D eigenvalue weighted by atomic mass is 35.5. The number of aromatic nitrogens is 3. The van der Waals surface area contributed by atoms with Gasteiger partial charge in [-0.2, -0.15) is 0 Å². The van der Waals surface area contributed by atoms with Crippen LogP contribution in [0.4, 0.5) is 4.39 Å². The average molecular weight is 400 g/mol. The summed E-state index contributed by atoms with van der Waals surface area (Å²) >= 11 is 5.95. The van der Waals surface area contributed by atoms with Crippen molar-refractivity contribution < 1.29 is 9.18 Å². The molecule has 0 saturated heterocycles. The summed E-state index contributed by atoms with van der Waals surface area (Å²) in [6, 6.07) is 12.8. The number of nitrogens with two attached hydrogens (primary N) is 1. The molecule has 0 radical (unpaired) electrons. The van der Waals surface area contributed by atoms with E-state index in [0.717, 1.165) is 11.4 Å². The number of rotatable bonds is 4. The van der Waals surface area contributed by atoms with Crippen LogP contribution in [-0.2, 0) is 24.3 Å². The molecule has 8 heteroatoms. The Labute approximate surface area is 166 Å². The van der Waals surface area contributed by atoms with Gasteiger partial charge in [0.25, 0.3) is 0 Å². The summed E-state index contributed by atoms with van der Waals surface area (Å²) in [7, 11) is 0. The normalized spacial score (nSPS) is 14.6. The van der Waals surface area contributed by atoms with Crippen molar-refractivity contribution in [3.05, 3.63) is 70.8 Å². The van der Waals surface area contributed by atoms with Crippen LogP contribution in [0, 0.1) is 5.82 Å². The number of nitrogens with zero attached hydrogens (tertiary/aromatic N) is 4. The summed E-state index contributed by atoms with van der Waals surface area (Å²) in [6.45, 7) is 1.44. The van der Waals surface area contributed by atoms with Gasteiger partial charge in [-0.15, -0.1) is 10.2 Å². The smallest absolute Gasteiger partial charge is 0.240 e. The van der Waals surface area contributed by atoms with E-state index >= 15 is 0 Å². The lowest BCUT2D eigenvalue weighted by molar-refractivity contribution is -0.134. The van der Waals surface area contributed by atoms with E-state index in [4.69, 9.17) is 17.3 Å². The molecule has 28 heavy (non-hydrogen) atoms. The van der Waals surface area contributed by atoms with Crippen LogP contribution >= 0.6 is 11.6 Å². The van der Waals surface area contributed by atoms with Crippen LogP contribution < -0.4 is 5.73 Å². The first kappa shape index (κ1) is 18.6. The number of hydrogen-bond donors (Lipinski definition) is 1. The van der Waals surface area contributed by atoms with Crippen molar-refractivity contribution in [1.29, 1.82) is 0 Å². The third-order valence-corrected chi connectivity index (χ3v) is 5.08. The molecule has 6 nitrogen and oxygen atoms in total. The van der Waals surface area contributed by atoms with Gasteiger partial charge in [-0.1, -0.05) is 23.7 Å². The molecule has 0 bridgehead atoms. The van der Waals surface area contributed by atoms with Gasteiger partial charge in [0.2, 0.25) is 5.91 Å². The fraction of sp³-hybridized carbons (Fsp3) is 0.250. The second-order valence-electron chi connectivity index (χ2n) is 6.80. The van der Waals surface area contributed by atoms with Gasteiger partial charge in [-0.3, -0.25) is 4.79 Å². The van der Waals surface area contributed by atoms with E-state index in [1.807, 2.05) is 28.8 Å². The molecule has 2 heterocycles. The summed E-state index contributed by atoms with van der Waals surface area (Å²) in [5.74, 6) is 0.954. The SMILES string of the molecule is NC(Cc1cccc(F)c1)C(=O)N1CCn2c(nnc2-c2ccc(Cl)cc2)C1. The largest absolute Gasteiger partial charge is 0.332 e. The maximum atomic E-state index is 13.3. The molecule has 2 aromatic carbocycles. The van der Waals surface area contributed by atoms with Crippen molar-refractivity contribution in [3.8, 4) is 11.4 Å². The zero-order valence-electron chi connectivity index (χ0n) is 15.1. The van der Waals surface area contributed by atoms with Crippen molar-refractivity contribution in [1.82, 2.24) is 19.7 Å². The van der Waals surface area contributed by atoms with Gasteiger partial charge >= 0.3 is 0 Å². The van der Waals surface area contributed by atoms with Crippen molar-refractivity contribution in [2.75, 3.05) is 6.54 Å². The Kier molecular flexibility index (Phi) is 5.11. The summed E-state index contributed by atoms with van der Waals surface area (Å²) in [4.78, 5) is 14.4. The fourth-order valence-electron chi connectivity index (χ4n) is 3.40. The van der Waals surface area contributed by atoms with Gasteiger partial charge in [0.1, 0.15) is 5.82 Å². The van der Waals surface area contributed by atoms with Gasteiger partial charge in [-0.05, 0) is 48.4 Å². The Bertz CT molecular complexity index is 1000. The number of carbonyl (C=O) groups excluding carboxylic acids is 1. The molecule has 1 aliphatic rings. The van der Waals surface area contributed by atoms with E-state index in [9.17, 15) is 9.18 Å². The van der Waals surface area contributed by atoms with Crippen LogP contribution in [0.2, 0.25) is 5.02 Å². The Hall–Kier alpha value is -2.77. The first-order valence-electron chi connectivity index (χ1n) is 8.98. The van der Waals surface area contributed by atoms with Gasteiger partial charge in [0.05, 0.1) is 12.6 Å². The minimum atomic E-state index is -0.730. The Balaban J connectivity index is 1.46. The third-order valence-electron chi connectivity index (χ3n) is 4.83. The molecule has 3 aromatic rings. The Morgan fingerprint density at radius 1 is 1.18 bits per heavy atom. The lowest BCUT2D eigenvalue weighted by Crippen LogP contribution is -2.47. The van der Waals surface area contributed by atoms with Gasteiger partial charge in [-0.25, -0.2) is 4.39 Å². The highest BCUT2D eigenvalue weighted by Crippen LogP contribution is 2.23. The number of benzene rings is 2. The molecule has 0 saturated carbocycles. The zero-order valence-corrected chi connectivity index (χ0v) is 15.8. The molecule has 2 N–H and O–H groups in total. The minimum Gasteiger partial charge on any atom is -0.332 e. The minimum absolute atomic E-state index is 0.174.